The van der Waals surface area contributed by atoms with Gasteiger partial charge in [-0.25, -0.2) is 0 Å². The fraction of sp³-hybridized carbons (Fsp3) is 0.333. The Labute approximate surface area is 178 Å². The molecule has 9 heteroatoms. The van der Waals surface area contributed by atoms with Crippen molar-refractivity contribution in [3.05, 3.63) is 62.7 Å². The molecule has 0 aromatic heterocycles. The van der Waals surface area contributed by atoms with Gasteiger partial charge in [0.05, 0.1) is 18.1 Å². The van der Waals surface area contributed by atoms with E-state index in [1.807, 2.05) is 0 Å². The second-order valence-electron chi connectivity index (χ2n) is 6.92. The zero-order valence-corrected chi connectivity index (χ0v) is 17.2. The highest BCUT2D eigenvalue weighted by atomic mass is 35.5. The topological polar surface area (TPSA) is 99.0 Å². The first-order chi connectivity index (χ1) is 14.3. The molecule has 1 aliphatic heterocycles. The van der Waals surface area contributed by atoms with Gasteiger partial charge in [-0.3, -0.25) is 19.7 Å². The summed E-state index contributed by atoms with van der Waals surface area (Å²) in [5.41, 5.74) is 0.826. The van der Waals surface area contributed by atoms with Crippen LogP contribution in [0, 0.1) is 10.1 Å². The van der Waals surface area contributed by atoms with Crippen molar-refractivity contribution in [1.82, 2.24) is 4.90 Å². The molecule has 0 atom stereocenters. The number of non-ortho nitro benzene ring substituents is 1. The molecule has 1 heterocycles. The highest BCUT2D eigenvalue weighted by molar-refractivity contribution is 6.31. The van der Waals surface area contributed by atoms with Gasteiger partial charge in [-0.2, -0.15) is 0 Å². The smallest absolute Gasteiger partial charge is 0.269 e. The average molecular weight is 433 g/mol. The van der Waals surface area contributed by atoms with Gasteiger partial charge in [0.25, 0.3) is 5.69 Å². The highest BCUT2D eigenvalue weighted by Gasteiger charge is 2.18. The third-order valence-corrected chi connectivity index (χ3v) is 5.08. The number of Topliss-reactive ketones (excluding diaryl/α,β-unsaturated/α-hetero) is 1. The number of nitro groups is 1. The quantitative estimate of drug-likeness (QED) is 0.372. The molecule has 0 N–H and O–H groups in total. The summed E-state index contributed by atoms with van der Waals surface area (Å²) >= 11 is 6.09. The van der Waals surface area contributed by atoms with Crippen LogP contribution in [-0.2, 0) is 11.3 Å². The molecule has 0 unspecified atom stereocenters. The number of ketones is 1. The van der Waals surface area contributed by atoms with E-state index in [-0.39, 0.29) is 36.8 Å². The van der Waals surface area contributed by atoms with Crippen molar-refractivity contribution in [2.45, 2.75) is 25.8 Å². The van der Waals surface area contributed by atoms with Crippen LogP contribution in [0.4, 0.5) is 5.69 Å². The molecule has 158 valence electrons. The molecule has 0 fully saturated rings. The van der Waals surface area contributed by atoms with Gasteiger partial charge in [-0.1, -0.05) is 11.6 Å². The zero-order chi connectivity index (χ0) is 21.7. The van der Waals surface area contributed by atoms with Crippen LogP contribution >= 0.6 is 11.6 Å². The molecule has 0 aliphatic carbocycles. The van der Waals surface area contributed by atoms with Gasteiger partial charge < -0.3 is 14.4 Å². The second-order valence-corrected chi connectivity index (χ2v) is 7.32. The fourth-order valence-corrected chi connectivity index (χ4v) is 3.21. The number of ether oxygens (including phenoxy) is 2. The maximum Gasteiger partial charge on any atom is 0.269 e. The van der Waals surface area contributed by atoms with Gasteiger partial charge in [0.1, 0.15) is 0 Å². The summed E-state index contributed by atoms with van der Waals surface area (Å²) in [7, 11) is 1.57. The Morgan fingerprint density at radius 3 is 2.57 bits per heavy atom. The maximum atomic E-state index is 12.5. The molecule has 30 heavy (non-hydrogen) atoms. The van der Waals surface area contributed by atoms with Gasteiger partial charge in [0, 0.05) is 55.6 Å². The number of carbonyl (C=O) groups excluding carboxylic acids is 2. The first-order valence-corrected chi connectivity index (χ1v) is 9.82. The lowest BCUT2D eigenvalue weighted by atomic mass is 10.1. The fourth-order valence-electron chi connectivity index (χ4n) is 3.03. The van der Waals surface area contributed by atoms with Crippen LogP contribution in [0.1, 0.15) is 35.2 Å². The largest absolute Gasteiger partial charge is 0.490 e. The van der Waals surface area contributed by atoms with Gasteiger partial charge in [0.2, 0.25) is 5.91 Å². The number of hydrogen-bond donors (Lipinski definition) is 0. The van der Waals surface area contributed by atoms with Crippen LogP contribution in [0.3, 0.4) is 0 Å². The summed E-state index contributed by atoms with van der Waals surface area (Å²) < 4.78 is 11.1. The number of fused-ring (bicyclic) bond motifs is 1. The Morgan fingerprint density at radius 2 is 1.83 bits per heavy atom. The van der Waals surface area contributed by atoms with Crippen molar-refractivity contribution >= 4 is 29.0 Å². The molecule has 0 spiro atoms. The van der Waals surface area contributed by atoms with Crippen molar-refractivity contribution in [2.75, 3.05) is 20.3 Å². The standard InChI is InChI=1S/C21H21ClN2O6/c1-23(13-15-11-16(24(27)28)4-5-17(15)22)21(26)8-6-18(25)14-3-7-19-20(12-14)30-10-2-9-29-19/h3-5,7,11-12H,2,6,8-10,13H2,1H3. The predicted octanol–water partition coefficient (Wildman–Crippen LogP) is 4.03. The SMILES string of the molecule is CN(Cc1cc([N+](=O)[O-])ccc1Cl)C(=O)CCC(=O)c1ccc2c(c1)OCCCO2. The predicted molar refractivity (Wildman–Crippen MR) is 110 cm³/mol. The van der Waals surface area contributed by atoms with E-state index in [9.17, 15) is 19.7 Å². The van der Waals surface area contributed by atoms with Crippen LogP contribution in [0.15, 0.2) is 36.4 Å². The first kappa shape index (κ1) is 21.6. The summed E-state index contributed by atoms with van der Waals surface area (Å²) in [6.07, 6.45) is 0.815. The van der Waals surface area contributed by atoms with E-state index in [2.05, 4.69) is 0 Å². The Kier molecular flexibility index (Phi) is 6.89. The number of halogens is 1. The summed E-state index contributed by atoms with van der Waals surface area (Å²) in [5.74, 6) is 0.692. The van der Waals surface area contributed by atoms with Crippen molar-refractivity contribution in [3.63, 3.8) is 0 Å². The molecular weight excluding hydrogens is 412 g/mol. The van der Waals surface area contributed by atoms with Crippen LogP contribution in [-0.4, -0.2) is 41.8 Å². The molecule has 2 aromatic carbocycles. The Bertz CT molecular complexity index is 978. The summed E-state index contributed by atoms with van der Waals surface area (Å²) in [6.45, 7) is 1.20. The number of benzene rings is 2. The molecular formula is C21H21ClN2O6. The Morgan fingerprint density at radius 1 is 1.10 bits per heavy atom. The lowest BCUT2D eigenvalue weighted by Crippen LogP contribution is -2.26. The molecule has 0 saturated carbocycles. The summed E-state index contributed by atoms with van der Waals surface area (Å²) in [4.78, 5) is 36.8. The monoisotopic (exact) mass is 432 g/mol. The van der Waals surface area contributed by atoms with Crippen LogP contribution in [0.25, 0.3) is 0 Å². The number of nitrogens with zero attached hydrogens (tertiary/aromatic N) is 2. The van der Waals surface area contributed by atoms with Crippen molar-refractivity contribution in [1.29, 1.82) is 0 Å². The molecule has 0 radical (unpaired) electrons. The third-order valence-electron chi connectivity index (χ3n) is 4.71. The highest BCUT2D eigenvalue weighted by Crippen LogP contribution is 2.31. The lowest BCUT2D eigenvalue weighted by Gasteiger charge is -2.18. The van der Waals surface area contributed by atoms with E-state index in [1.165, 1.54) is 23.1 Å². The molecule has 2 aromatic rings. The van der Waals surface area contributed by atoms with Crippen LogP contribution in [0.5, 0.6) is 11.5 Å². The molecule has 1 aliphatic rings. The Balaban J connectivity index is 1.58. The molecule has 8 nitrogen and oxygen atoms in total. The van der Waals surface area contributed by atoms with Crippen molar-refractivity contribution < 1.29 is 24.0 Å². The third kappa shape index (κ3) is 5.27. The lowest BCUT2D eigenvalue weighted by molar-refractivity contribution is -0.384. The van der Waals surface area contributed by atoms with Gasteiger partial charge >= 0.3 is 0 Å². The van der Waals surface area contributed by atoms with Gasteiger partial charge in [-0.05, 0) is 29.8 Å². The summed E-state index contributed by atoms with van der Waals surface area (Å²) in [6, 6.07) is 9.08. The van der Waals surface area contributed by atoms with E-state index in [4.69, 9.17) is 21.1 Å². The maximum absolute atomic E-state index is 12.5. The Hall–Kier alpha value is -3.13. The molecule has 1 amide bonds. The van der Waals surface area contributed by atoms with E-state index in [0.29, 0.717) is 40.9 Å². The minimum Gasteiger partial charge on any atom is -0.490 e. The van der Waals surface area contributed by atoms with Crippen LogP contribution < -0.4 is 9.47 Å². The number of carbonyl (C=O) groups is 2. The molecule has 3 rings (SSSR count). The molecule has 0 bridgehead atoms. The van der Waals surface area contributed by atoms with Crippen molar-refractivity contribution in [3.8, 4) is 11.5 Å². The number of hydrogen-bond acceptors (Lipinski definition) is 6. The second kappa shape index (κ2) is 9.58. The van der Waals surface area contributed by atoms with E-state index >= 15 is 0 Å². The van der Waals surface area contributed by atoms with Crippen molar-refractivity contribution in [2.24, 2.45) is 0 Å². The average Bonchev–Trinajstić information content (AvgIpc) is 2.97. The number of rotatable bonds is 7. The zero-order valence-electron chi connectivity index (χ0n) is 16.4. The van der Waals surface area contributed by atoms with E-state index < -0.39 is 4.92 Å². The summed E-state index contributed by atoms with van der Waals surface area (Å²) in [5, 5.41) is 11.3. The minimum absolute atomic E-state index is 0.0102. The van der Waals surface area contributed by atoms with Gasteiger partial charge in [0.15, 0.2) is 17.3 Å². The molecule has 0 saturated heterocycles. The van der Waals surface area contributed by atoms with E-state index in [1.54, 1.807) is 25.2 Å². The number of nitro benzene ring substituents is 1. The first-order valence-electron chi connectivity index (χ1n) is 9.45. The number of amides is 1. The van der Waals surface area contributed by atoms with E-state index in [0.717, 1.165) is 6.42 Å². The normalized spacial score (nSPS) is 12.7. The minimum atomic E-state index is -0.518. The van der Waals surface area contributed by atoms with Gasteiger partial charge in [-0.15, -0.1) is 0 Å². The van der Waals surface area contributed by atoms with Crippen LogP contribution in [0.2, 0.25) is 5.02 Å².